The molecule has 0 unspecified atom stereocenters. The van der Waals surface area contributed by atoms with Gasteiger partial charge in [0.25, 0.3) is 0 Å². The molecule has 1 aromatic rings. The fourth-order valence-corrected chi connectivity index (χ4v) is 4.83. The molecular formula is C15H21NO5S. The van der Waals surface area contributed by atoms with Crippen LogP contribution in [0.5, 0.6) is 5.75 Å². The molecule has 2 aliphatic heterocycles. The average Bonchev–Trinajstić information content (AvgIpc) is 3.15. The summed E-state index contributed by atoms with van der Waals surface area (Å²) in [5.74, 6) is 0.524. The number of hydrogen-bond donors (Lipinski definition) is 0. The predicted octanol–water partition coefficient (Wildman–Crippen LogP) is 1.26. The molecule has 2 fully saturated rings. The molecule has 7 heteroatoms. The first-order valence-electron chi connectivity index (χ1n) is 7.33. The maximum absolute atomic E-state index is 12.9. The number of nitrogens with zero attached hydrogens (tertiary/aromatic N) is 1. The molecule has 0 bridgehead atoms. The summed E-state index contributed by atoms with van der Waals surface area (Å²) in [6.07, 6.45) is 1.54. The van der Waals surface area contributed by atoms with Crippen molar-refractivity contribution in [3.63, 3.8) is 0 Å². The Balaban J connectivity index is 1.90. The van der Waals surface area contributed by atoms with Gasteiger partial charge in [-0.15, -0.1) is 0 Å². The topological polar surface area (TPSA) is 65.1 Å². The highest BCUT2D eigenvalue weighted by molar-refractivity contribution is 7.89. The number of sulfonamides is 1. The summed E-state index contributed by atoms with van der Waals surface area (Å²) in [7, 11) is -0.460. The fourth-order valence-electron chi connectivity index (χ4n) is 3.30. The number of methoxy groups -OCH3 is 2. The highest BCUT2D eigenvalue weighted by Gasteiger charge is 2.53. The lowest BCUT2D eigenvalue weighted by atomic mass is 9.97. The Bertz CT molecular complexity index is 639. The first kappa shape index (κ1) is 15.7. The molecule has 0 N–H and O–H groups in total. The first-order chi connectivity index (χ1) is 10.5. The van der Waals surface area contributed by atoms with Gasteiger partial charge in [0.15, 0.2) is 0 Å². The van der Waals surface area contributed by atoms with E-state index >= 15 is 0 Å². The Morgan fingerprint density at radius 3 is 2.82 bits per heavy atom. The van der Waals surface area contributed by atoms with Gasteiger partial charge in [0.1, 0.15) is 17.5 Å². The van der Waals surface area contributed by atoms with Crippen LogP contribution < -0.4 is 4.74 Å². The average molecular weight is 327 g/mol. The van der Waals surface area contributed by atoms with Crippen LogP contribution in [-0.4, -0.2) is 58.3 Å². The van der Waals surface area contributed by atoms with Crippen LogP contribution in [0.25, 0.3) is 0 Å². The van der Waals surface area contributed by atoms with E-state index in [1.54, 1.807) is 25.3 Å². The molecule has 1 spiro atoms. The standard InChI is InChI=1S/C15H21NO5S/c1-19-12-5-3-6-13(9-12)22(17,18)16-10-14(20-2)15(11-16)7-4-8-21-15/h3,5-6,9,14H,4,7-8,10-11H2,1-2H3/t14-,15-/m0/s1. The molecule has 6 nitrogen and oxygen atoms in total. The van der Waals surface area contributed by atoms with Gasteiger partial charge in [-0.2, -0.15) is 4.31 Å². The van der Waals surface area contributed by atoms with Crippen LogP contribution in [-0.2, 0) is 19.5 Å². The van der Waals surface area contributed by atoms with Crippen molar-refractivity contribution in [3.8, 4) is 5.75 Å². The van der Waals surface area contributed by atoms with Gasteiger partial charge in [0.05, 0.1) is 12.0 Å². The summed E-state index contributed by atoms with van der Waals surface area (Å²) in [6, 6.07) is 6.53. The van der Waals surface area contributed by atoms with Gasteiger partial charge in [-0.1, -0.05) is 6.07 Å². The minimum absolute atomic E-state index is 0.226. The summed E-state index contributed by atoms with van der Waals surface area (Å²) in [4.78, 5) is 0.233. The second-order valence-electron chi connectivity index (χ2n) is 5.72. The smallest absolute Gasteiger partial charge is 0.243 e. The predicted molar refractivity (Wildman–Crippen MR) is 80.5 cm³/mol. The third kappa shape index (κ3) is 2.52. The number of ether oxygens (including phenoxy) is 3. The van der Waals surface area contributed by atoms with Gasteiger partial charge >= 0.3 is 0 Å². The van der Waals surface area contributed by atoms with Crippen molar-refractivity contribution in [2.75, 3.05) is 33.9 Å². The zero-order valence-electron chi connectivity index (χ0n) is 12.8. The van der Waals surface area contributed by atoms with Gasteiger partial charge < -0.3 is 14.2 Å². The Hall–Kier alpha value is -1.15. The van der Waals surface area contributed by atoms with Crippen molar-refractivity contribution in [1.29, 1.82) is 0 Å². The van der Waals surface area contributed by atoms with Crippen LogP contribution in [0.1, 0.15) is 12.8 Å². The fraction of sp³-hybridized carbons (Fsp3) is 0.600. The summed E-state index contributed by atoms with van der Waals surface area (Å²) in [5, 5.41) is 0. The summed E-state index contributed by atoms with van der Waals surface area (Å²) in [5.41, 5.74) is -0.499. The van der Waals surface area contributed by atoms with Crippen molar-refractivity contribution in [1.82, 2.24) is 4.31 Å². The second kappa shape index (κ2) is 5.81. The summed E-state index contributed by atoms with van der Waals surface area (Å²) >= 11 is 0. The highest BCUT2D eigenvalue weighted by Crippen LogP contribution is 2.39. The summed E-state index contributed by atoms with van der Waals surface area (Å²) in [6.45, 7) is 1.31. The molecule has 2 heterocycles. The van der Waals surface area contributed by atoms with Crippen LogP contribution in [0.2, 0.25) is 0 Å². The van der Waals surface area contributed by atoms with E-state index in [1.165, 1.54) is 17.5 Å². The van der Waals surface area contributed by atoms with Gasteiger partial charge in [0.2, 0.25) is 10.0 Å². The van der Waals surface area contributed by atoms with Crippen molar-refractivity contribution in [2.24, 2.45) is 0 Å². The molecule has 22 heavy (non-hydrogen) atoms. The molecule has 0 aromatic heterocycles. The van der Waals surface area contributed by atoms with Crippen molar-refractivity contribution >= 4 is 10.0 Å². The number of rotatable bonds is 4. The van der Waals surface area contributed by atoms with E-state index in [1.807, 2.05) is 0 Å². The third-order valence-electron chi connectivity index (χ3n) is 4.50. The lowest BCUT2D eigenvalue weighted by Crippen LogP contribution is -2.42. The first-order valence-corrected chi connectivity index (χ1v) is 8.77. The van der Waals surface area contributed by atoms with Gasteiger partial charge in [-0.05, 0) is 25.0 Å². The molecular weight excluding hydrogens is 306 g/mol. The molecule has 0 amide bonds. The van der Waals surface area contributed by atoms with Crippen LogP contribution in [0.3, 0.4) is 0 Å². The Kier molecular flexibility index (Phi) is 4.15. The third-order valence-corrected chi connectivity index (χ3v) is 6.31. The lowest BCUT2D eigenvalue weighted by Gasteiger charge is -2.27. The molecule has 2 saturated heterocycles. The van der Waals surface area contributed by atoms with Crippen LogP contribution >= 0.6 is 0 Å². The van der Waals surface area contributed by atoms with Crippen molar-refractivity contribution in [2.45, 2.75) is 29.4 Å². The Morgan fingerprint density at radius 2 is 2.18 bits per heavy atom. The van der Waals surface area contributed by atoms with E-state index in [2.05, 4.69) is 0 Å². The number of benzene rings is 1. The van der Waals surface area contributed by atoms with E-state index < -0.39 is 15.6 Å². The van der Waals surface area contributed by atoms with Crippen LogP contribution in [0.4, 0.5) is 0 Å². The normalized spacial score (nSPS) is 29.3. The zero-order valence-corrected chi connectivity index (χ0v) is 13.6. The Morgan fingerprint density at radius 1 is 1.36 bits per heavy atom. The lowest BCUT2D eigenvalue weighted by molar-refractivity contribution is -0.0753. The van der Waals surface area contributed by atoms with Crippen molar-refractivity contribution in [3.05, 3.63) is 24.3 Å². The second-order valence-corrected chi connectivity index (χ2v) is 7.66. The van der Waals surface area contributed by atoms with Gasteiger partial charge in [-0.3, -0.25) is 0 Å². The molecule has 0 radical (unpaired) electrons. The number of hydrogen-bond acceptors (Lipinski definition) is 5. The molecule has 2 aliphatic rings. The van der Waals surface area contributed by atoms with E-state index in [0.717, 1.165) is 12.8 Å². The van der Waals surface area contributed by atoms with Crippen LogP contribution in [0, 0.1) is 0 Å². The molecule has 0 saturated carbocycles. The SMILES string of the molecule is COc1cccc(S(=O)(=O)N2C[C@H](OC)[C@]3(CCCO3)C2)c1. The van der Waals surface area contributed by atoms with E-state index in [9.17, 15) is 8.42 Å². The zero-order chi connectivity index (χ0) is 15.8. The monoisotopic (exact) mass is 327 g/mol. The highest BCUT2D eigenvalue weighted by atomic mass is 32.2. The maximum atomic E-state index is 12.9. The van der Waals surface area contributed by atoms with E-state index in [0.29, 0.717) is 25.4 Å². The maximum Gasteiger partial charge on any atom is 0.243 e. The molecule has 0 aliphatic carbocycles. The van der Waals surface area contributed by atoms with Gasteiger partial charge in [-0.25, -0.2) is 8.42 Å². The molecule has 2 atom stereocenters. The van der Waals surface area contributed by atoms with Crippen LogP contribution in [0.15, 0.2) is 29.2 Å². The summed E-state index contributed by atoms with van der Waals surface area (Å²) < 4.78 is 43.7. The minimum Gasteiger partial charge on any atom is -0.497 e. The molecule has 1 aromatic carbocycles. The van der Waals surface area contributed by atoms with E-state index in [4.69, 9.17) is 14.2 Å². The largest absolute Gasteiger partial charge is 0.497 e. The Labute approximate surface area is 131 Å². The van der Waals surface area contributed by atoms with E-state index in [-0.39, 0.29) is 11.0 Å². The van der Waals surface area contributed by atoms with Gasteiger partial charge in [0, 0.05) is 32.9 Å². The quantitative estimate of drug-likeness (QED) is 0.833. The van der Waals surface area contributed by atoms with Crippen molar-refractivity contribution < 1.29 is 22.6 Å². The molecule has 122 valence electrons. The molecule has 3 rings (SSSR count). The minimum atomic E-state index is -3.58.